The van der Waals surface area contributed by atoms with E-state index in [2.05, 4.69) is 10.3 Å². The predicted molar refractivity (Wildman–Crippen MR) is 93.6 cm³/mol. The smallest absolute Gasteiger partial charge is 0.325 e. The summed E-state index contributed by atoms with van der Waals surface area (Å²) in [7, 11) is 2.95. The molecule has 0 aliphatic carbocycles. The van der Waals surface area contributed by atoms with Crippen LogP contribution in [0, 0.1) is 6.92 Å². The molecule has 3 aromatic rings. The first-order valence-electron chi connectivity index (χ1n) is 7.27. The normalized spacial score (nSPS) is 11.0. The van der Waals surface area contributed by atoms with Crippen LogP contribution in [0.1, 0.15) is 10.4 Å². The minimum atomic E-state index is -0.476. The van der Waals surface area contributed by atoms with Gasteiger partial charge in [0.1, 0.15) is 5.39 Å². The lowest BCUT2D eigenvalue weighted by molar-refractivity contribution is -0.115. The topological polar surface area (TPSA) is 86.0 Å². The lowest BCUT2D eigenvalue weighted by Crippen LogP contribution is -2.38. The highest BCUT2D eigenvalue weighted by Crippen LogP contribution is 2.22. The molecule has 3 heterocycles. The summed E-state index contributed by atoms with van der Waals surface area (Å²) in [5.74, 6) is -0.219. The van der Waals surface area contributed by atoms with Crippen LogP contribution in [0.25, 0.3) is 11.0 Å². The van der Waals surface area contributed by atoms with Crippen LogP contribution in [0.3, 0.4) is 0 Å². The lowest BCUT2D eigenvalue weighted by atomic mass is 10.1. The monoisotopic (exact) mass is 344 g/mol. The summed E-state index contributed by atoms with van der Waals surface area (Å²) in [6.45, 7) is 1.76. The van der Waals surface area contributed by atoms with Crippen molar-refractivity contribution in [1.29, 1.82) is 0 Å². The van der Waals surface area contributed by atoms with Crippen LogP contribution in [0.2, 0.25) is 0 Å². The molecule has 0 atom stereocenters. The van der Waals surface area contributed by atoms with E-state index >= 15 is 0 Å². The number of anilines is 1. The minimum absolute atomic E-state index is 0.219. The number of nitrogens with zero attached hydrogens (tertiary/aromatic N) is 3. The Labute approximate surface area is 141 Å². The summed E-state index contributed by atoms with van der Waals surface area (Å²) in [4.78, 5) is 42.0. The Morgan fingerprint density at radius 2 is 2.04 bits per heavy atom. The van der Waals surface area contributed by atoms with Crippen LogP contribution in [-0.2, 0) is 25.3 Å². The first-order valence-corrected chi connectivity index (χ1v) is 8.15. The number of hydrogen-bond donors (Lipinski definition) is 1. The van der Waals surface area contributed by atoms with Crippen molar-refractivity contribution in [2.45, 2.75) is 13.3 Å². The van der Waals surface area contributed by atoms with E-state index in [1.54, 1.807) is 20.2 Å². The number of nitrogens with one attached hydrogen (secondary N) is 1. The van der Waals surface area contributed by atoms with Gasteiger partial charge in [0.2, 0.25) is 5.91 Å². The highest BCUT2D eigenvalue weighted by atomic mass is 32.1. The molecule has 0 bridgehead atoms. The fraction of sp³-hybridized carbons (Fsp3) is 0.250. The van der Waals surface area contributed by atoms with Crippen LogP contribution >= 0.6 is 11.3 Å². The molecule has 24 heavy (non-hydrogen) atoms. The minimum Gasteiger partial charge on any atom is -0.325 e. The number of fused-ring (bicyclic) bond motifs is 1. The van der Waals surface area contributed by atoms with E-state index in [1.165, 1.54) is 23.0 Å². The molecule has 0 unspecified atom stereocenters. The molecule has 3 rings (SSSR count). The van der Waals surface area contributed by atoms with Gasteiger partial charge in [0.05, 0.1) is 12.1 Å². The molecule has 124 valence electrons. The summed E-state index contributed by atoms with van der Waals surface area (Å²) < 4.78 is 2.31. The third kappa shape index (κ3) is 2.65. The second-order valence-electron chi connectivity index (χ2n) is 5.52. The van der Waals surface area contributed by atoms with Gasteiger partial charge in [-0.05, 0) is 23.9 Å². The summed E-state index contributed by atoms with van der Waals surface area (Å²) in [5, 5.41) is 4.94. The molecular weight excluding hydrogens is 328 g/mol. The van der Waals surface area contributed by atoms with Gasteiger partial charge in [-0.15, -0.1) is 11.3 Å². The van der Waals surface area contributed by atoms with E-state index < -0.39 is 11.2 Å². The third-order valence-corrected chi connectivity index (χ3v) is 4.71. The second kappa shape index (κ2) is 6.04. The Hall–Kier alpha value is -2.74. The number of pyridine rings is 1. The molecule has 0 fully saturated rings. The van der Waals surface area contributed by atoms with E-state index in [4.69, 9.17) is 0 Å². The zero-order valence-corrected chi connectivity index (χ0v) is 14.3. The second-order valence-corrected chi connectivity index (χ2v) is 6.56. The molecule has 3 aromatic heterocycles. The van der Waals surface area contributed by atoms with Crippen LogP contribution < -0.4 is 16.6 Å². The van der Waals surface area contributed by atoms with Gasteiger partial charge in [0, 0.05) is 25.2 Å². The molecule has 0 saturated heterocycles. The maximum atomic E-state index is 12.5. The number of thiophene rings is 1. The number of amides is 1. The van der Waals surface area contributed by atoms with Crippen LogP contribution in [0.4, 0.5) is 5.69 Å². The molecular formula is C16H16N4O3S. The van der Waals surface area contributed by atoms with Crippen molar-refractivity contribution in [2.24, 2.45) is 14.1 Å². The summed E-state index contributed by atoms with van der Waals surface area (Å²) in [5.41, 5.74) is 0.381. The van der Waals surface area contributed by atoms with Gasteiger partial charge in [0.25, 0.3) is 5.56 Å². The van der Waals surface area contributed by atoms with Crippen molar-refractivity contribution in [2.75, 3.05) is 5.32 Å². The van der Waals surface area contributed by atoms with Crippen molar-refractivity contribution in [1.82, 2.24) is 14.1 Å². The predicted octanol–water partition coefficient (Wildman–Crippen LogP) is 1.18. The number of aryl methyl sites for hydroxylation is 2. The van der Waals surface area contributed by atoms with Gasteiger partial charge in [-0.3, -0.25) is 18.7 Å². The molecule has 0 radical (unpaired) electrons. The Balaban J connectivity index is 2.13. The molecule has 1 N–H and O–H groups in total. The number of carbonyl (C=O) groups is 1. The van der Waals surface area contributed by atoms with Gasteiger partial charge >= 0.3 is 5.69 Å². The van der Waals surface area contributed by atoms with E-state index in [1.807, 2.05) is 17.5 Å². The Kier molecular flexibility index (Phi) is 4.06. The third-order valence-electron chi connectivity index (χ3n) is 3.84. The van der Waals surface area contributed by atoms with E-state index in [9.17, 15) is 14.4 Å². The molecule has 1 amide bonds. The Morgan fingerprint density at radius 3 is 2.71 bits per heavy atom. The molecule has 0 saturated carbocycles. The van der Waals surface area contributed by atoms with E-state index in [0.717, 1.165) is 9.44 Å². The van der Waals surface area contributed by atoms with Gasteiger partial charge in [-0.2, -0.15) is 0 Å². The fourth-order valence-electron chi connectivity index (χ4n) is 2.54. The zero-order valence-electron chi connectivity index (χ0n) is 13.5. The highest BCUT2D eigenvalue weighted by molar-refractivity contribution is 7.10. The first-order chi connectivity index (χ1) is 11.4. The van der Waals surface area contributed by atoms with Gasteiger partial charge in [-0.1, -0.05) is 6.07 Å². The molecule has 0 aliphatic rings. The van der Waals surface area contributed by atoms with Crippen LogP contribution in [0.15, 0.2) is 33.3 Å². The number of rotatable bonds is 3. The van der Waals surface area contributed by atoms with E-state index in [0.29, 0.717) is 11.3 Å². The molecule has 0 aliphatic heterocycles. The van der Waals surface area contributed by atoms with Crippen molar-refractivity contribution >= 4 is 34.0 Å². The fourth-order valence-corrected chi connectivity index (χ4v) is 3.24. The number of aromatic nitrogens is 3. The molecule has 7 nitrogen and oxygen atoms in total. The Bertz CT molecular complexity index is 1050. The summed E-state index contributed by atoms with van der Waals surface area (Å²) in [6, 6.07) is 3.76. The number of hydrogen-bond acceptors (Lipinski definition) is 5. The maximum Gasteiger partial charge on any atom is 0.332 e. The quantitative estimate of drug-likeness (QED) is 0.773. The van der Waals surface area contributed by atoms with Crippen LogP contribution in [-0.4, -0.2) is 20.0 Å². The molecule has 0 spiro atoms. The maximum absolute atomic E-state index is 12.5. The standard InChI is InChI=1S/C16H16N4O3S/c1-9-8-17-14-12(15(22)20(3)16(23)19(14)2)13(9)18-11(21)7-10-5-4-6-24-10/h4-6,8H,7H2,1-3H3,(H,17,18,21). The Morgan fingerprint density at radius 1 is 1.29 bits per heavy atom. The average molecular weight is 344 g/mol. The largest absolute Gasteiger partial charge is 0.332 e. The molecule has 8 heteroatoms. The summed E-state index contributed by atoms with van der Waals surface area (Å²) in [6.07, 6.45) is 1.77. The van der Waals surface area contributed by atoms with Crippen molar-refractivity contribution in [3.05, 3.63) is 55.0 Å². The summed E-state index contributed by atoms with van der Waals surface area (Å²) >= 11 is 1.50. The van der Waals surface area contributed by atoms with Gasteiger partial charge < -0.3 is 5.32 Å². The highest BCUT2D eigenvalue weighted by Gasteiger charge is 2.17. The van der Waals surface area contributed by atoms with Gasteiger partial charge in [0.15, 0.2) is 5.65 Å². The lowest BCUT2D eigenvalue weighted by Gasteiger charge is -2.13. The SMILES string of the molecule is Cc1cnc2c(c1NC(=O)Cc1cccs1)c(=O)n(C)c(=O)n2C. The van der Waals surface area contributed by atoms with Crippen molar-refractivity contribution in [3.8, 4) is 0 Å². The molecule has 0 aromatic carbocycles. The zero-order chi connectivity index (χ0) is 17.4. The average Bonchev–Trinajstić information content (AvgIpc) is 3.05. The van der Waals surface area contributed by atoms with E-state index in [-0.39, 0.29) is 23.4 Å². The van der Waals surface area contributed by atoms with Crippen molar-refractivity contribution in [3.63, 3.8) is 0 Å². The number of carbonyl (C=O) groups excluding carboxylic acids is 1. The van der Waals surface area contributed by atoms with Gasteiger partial charge in [-0.25, -0.2) is 9.78 Å². The van der Waals surface area contributed by atoms with Crippen LogP contribution in [0.5, 0.6) is 0 Å². The first kappa shape index (κ1) is 16.1. The van der Waals surface area contributed by atoms with Crippen molar-refractivity contribution < 1.29 is 4.79 Å².